The molecule has 0 saturated heterocycles. The Balaban J connectivity index is 1.27. The van der Waals surface area contributed by atoms with E-state index in [9.17, 15) is 24.7 Å². The Kier molecular flexibility index (Phi) is 18.6. The molecule has 3 aliphatic rings. The number of allylic oxidation sites excluding steroid dienone is 1. The van der Waals surface area contributed by atoms with E-state index < -0.39 is 34.6 Å². The van der Waals surface area contributed by atoms with Gasteiger partial charge in [-0.2, -0.15) is 0 Å². The number of nitrogens with zero attached hydrogens (tertiary/aromatic N) is 4. The van der Waals surface area contributed by atoms with E-state index in [1.165, 1.54) is 24.3 Å². The number of carbonyl (C=O) groups is 1. The Bertz CT molecular complexity index is 2720. The monoisotopic (exact) mass is 1010 g/mol. The van der Waals surface area contributed by atoms with Crippen LogP contribution in [-0.4, -0.2) is 81.7 Å². The van der Waals surface area contributed by atoms with Crippen molar-refractivity contribution in [2.24, 2.45) is 22.9 Å². The number of hydrogen-bond donors (Lipinski definition) is 2. The zero-order chi connectivity index (χ0) is 51.9. The fourth-order valence-corrected chi connectivity index (χ4v) is 10.6. The average Bonchev–Trinajstić information content (AvgIpc) is 3.41. The molecule has 1 aliphatic heterocycles. The van der Waals surface area contributed by atoms with Crippen LogP contribution < -0.4 is 9.47 Å². The third kappa shape index (κ3) is 13.0. The standard InChI is InChI=1S/C58H65FN4O11/c1-3-30-72-58-54(62(36-41-18-22-45(59)23-19-41)57(66)70-32-31-69-37-42-13-5-4-6-14-42)35-52(61-73-38-43-20-24-47(25-21-43)63(67)68)50-33-44(15-7-9-28-64)49(17-8-10-29-65)55(56(50)58)51-34-48(26-27-53(51)74-58)71-39-46-16-11-12-40(2)60-46/h3-6,11-14,16,18-27,33-34,44,49,54-56,64-65H,1,7-10,15,17,28-32,35-39H2,2H3. The second-order valence-corrected chi connectivity index (χ2v) is 18.9. The van der Waals surface area contributed by atoms with Crippen LogP contribution in [0.2, 0.25) is 0 Å². The molecule has 2 aliphatic carbocycles. The maximum atomic E-state index is 15.0. The first-order valence-corrected chi connectivity index (χ1v) is 25.4. The van der Waals surface area contributed by atoms with Crippen LogP contribution >= 0.6 is 0 Å². The summed E-state index contributed by atoms with van der Waals surface area (Å²) in [7, 11) is 0. The highest BCUT2D eigenvalue weighted by atomic mass is 19.1. The predicted octanol–water partition coefficient (Wildman–Crippen LogP) is 10.7. The largest absolute Gasteiger partial charge is 0.487 e. The van der Waals surface area contributed by atoms with Gasteiger partial charge in [0.15, 0.2) is 0 Å². The molecule has 6 unspecified atom stereocenters. The van der Waals surface area contributed by atoms with Gasteiger partial charge in [0, 0.05) is 55.5 Å². The number of aliphatic hydroxyl groups excluding tert-OH is 2. The van der Waals surface area contributed by atoms with Gasteiger partial charge in [0.05, 0.1) is 42.1 Å². The van der Waals surface area contributed by atoms with Crippen molar-refractivity contribution < 1.29 is 52.8 Å². The number of ether oxygens (including phenoxy) is 5. The van der Waals surface area contributed by atoms with Crippen LogP contribution in [0.1, 0.15) is 84.5 Å². The normalized spacial score (nSPS) is 21.1. The van der Waals surface area contributed by atoms with Crippen molar-refractivity contribution in [3.05, 3.63) is 189 Å². The molecular weight excluding hydrogens is 948 g/mol. The fourth-order valence-electron chi connectivity index (χ4n) is 10.6. The number of halogens is 1. The smallest absolute Gasteiger partial charge is 0.410 e. The van der Waals surface area contributed by atoms with E-state index in [1.54, 1.807) is 35.2 Å². The summed E-state index contributed by atoms with van der Waals surface area (Å²) in [5.41, 5.74) is 6.01. The average molecular weight is 1010 g/mol. The summed E-state index contributed by atoms with van der Waals surface area (Å²) in [6.45, 7) is 6.57. The number of pyridine rings is 1. The molecule has 5 aromatic rings. The number of aryl methyl sites for hydroxylation is 1. The van der Waals surface area contributed by atoms with Gasteiger partial charge in [0.25, 0.3) is 5.69 Å². The van der Waals surface area contributed by atoms with E-state index in [2.05, 4.69) is 17.6 Å². The highest BCUT2D eigenvalue weighted by molar-refractivity contribution is 6.03. The molecule has 0 radical (unpaired) electrons. The minimum absolute atomic E-state index is 0.0184. The number of rotatable bonds is 26. The van der Waals surface area contributed by atoms with E-state index in [0.717, 1.165) is 40.9 Å². The minimum atomic E-state index is -1.63. The Morgan fingerprint density at radius 2 is 1.65 bits per heavy atom. The van der Waals surface area contributed by atoms with Crippen molar-refractivity contribution in [1.82, 2.24) is 9.88 Å². The van der Waals surface area contributed by atoms with Crippen LogP contribution in [0.3, 0.4) is 0 Å². The molecule has 390 valence electrons. The molecule has 8 rings (SSSR count). The summed E-state index contributed by atoms with van der Waals surface area (Å²) in [5, 5.41) is 36.5. The molecule has 1 amide bonds. The van der Waals surface area contributed by atoms with Gasteiger partial charge in [0.2, 0.25) is 5.79 Å². The van der Waals surface area contributed by atoms with Crippen molar-refractivity contribution >= 4 is 17.5 Å². The molecule has 0 bridgehead atoms. The lowest BCUT2D eigenvalue weighted by Crippen LogP contribution is -2.70. The fraction of sp³-hybridized carbons (Fsp3) is 0.397. The van der Waals surface area contributed by atoms with E-state index in [4.69, 9.17) is 33.7 Å². The number of hydrogen-bond acceptors (Lipinski definition) is 13. The number of amides is 1. The Morgan fingerprint density at radius 1 is 0.905 bits per heavy atom. The first-order chi connectivity index (χ1) is 36.1. The Hall–Kier alpha value is -6.98. The third-order valence-corrected chi connectivity index (χ3v) is 14.0. The third-order valence-electron chi connectivity index (χ3n) is 14.0. The zero-order valence-corrected chi connectivity index (χ0v) is 41.8. The summed E-state index contributed by atoms with van der Waals surface area (Å²) in [4.78, 5) is 38.5. The van der Waals surface area contributed by atoms with Crippen LogP contribution in [0.15, 0.2) is 145 Å². The number of nitro groups is 1. The van der Waals surface area contributed by atoms with E-state index >= 15 is 4.79 Å². The first-order valence-electron chi connectivity index (χ1n) is 25.4. The highest BCUT2D eigenvalue weighted by Gasteiger charge is 2.65. The predicted molar refractivity (Wildman–Crippen MR) is 276 cm³/mol. The number of aromatic nitrogens is 1. The molecule has 4 aromatic carbocycles. The van der Waals surface area contributed by atoms with Gasteiger partial charge in [0.1, 0.15) is 43.2 Å². The highest BCUT2D eigenvalue weighted by Crippen LogP contribution is 2.62. The van der Waals surface area contributed by atoms with Crippen molar-refractivity contribution in [2.45, 2.75) is 96.0 Å². The molecule has 6 atom stereocenters. The second-order valence-electron chi connectivity index (χ2n) is 18.9. The topological polar surface area (TPSA) is 185 Å². The summed E-state index contributed by atoms with van der Waals surface area (Å²) < 4.78 is 47.6. The van der Waals surface area contributed by atoms with Crippen LogP contribution in [0, 0.1) is 40.6 Å². The first kappa shape index (κ1) is 53.3. The molecule has 1 fully saturated rings. The van der Waals surface area contributed by atoms with Crippen molar-refractivity contribution in [1.29, 1.82) is 0 Å². The molecule has 2 N–H and O–H groups in total. The number of nitro benzene ring substituents is 1. The molecule has 74 heavy (non-hydrogen) atoms. The molecule has 1 saturated carbocycles. The van der Waals surface area contributed by atoms with Crippen molar-refractivity contribution in [3.63, 3.8) is 0 Å². The molecule has 2 heterocycles. The molecule has 16 heteroatoms. The SMILES string of the molecule is C=CCOC12Oc3ccc(OCc4cccc(C)n4)cc3C3C(CCCCO)C(CCCCO)C=C(C(=NOCc4ccc([N+](=O)[O-])cc4)CC1N(Cc1ccc(F)cc1)C(=O)OCCOCc1ccccc1)C32. The van der Waals surface area contributed by atoms with Gasteiger partial charge in [-0.05, 0) is 121 Å². The number of fused-ring (bicyclic) bond motifs is 2. The second kappa shape index (κ2) is 25.8. The summed E-state index contributed by atoms with van der Waals surface area (Å²) in [6.07, 6.45) is 7.32. The lowest BCUT2D eigenvalue weighted by atomic mass is 9.55. The van der Waals surface area contributed by atoms with E-state index in [0.29, 0.717) is 60.6 Å². The van der Waals surface area contributed by atoms with Crippen molar-refractivity contribution in [3.8, 4) is 11.5 Å². The van der Waals surface area contributed by atoms with Gasteiger partial charge in [-0.15, -0.1) is 6.58 Å². The Morgan fingerprint density at radius 3 is 2.38 bits per heavy atom. The number of benzene rings is 4. The van der Waals surface area contributed by atoms with Gasteiger partial charge in [-0.1, -0.05) is 78.7 Å². The van der Waals surface area contributed by atoms with Gasteiger partial charge >= 0.3 is 6.09 Å². The number of non-ortho nitro benzene ring substituents is 1. The van der Waals surface area contributed by atoms with Gasteiger partial charge in [-0.25, -0.2) is 9.18 Å². The lowest BCUT2D eigenvalue weighted by molar-refractivity contribution is -0.384. The maximum absolute atomic E-state index is 15.0. The number of aliphatic hydroxyl groups is 2. The number of carbonyl (C=O) groups excluding carboxylic acids is 1. The quantitative estimate of drug-likeness (QED) is 0.0232. The van der Waals surface area contributed by atoms with E-state index in [1.807, 2.05) is 73.7 Å². The number of unbranched alkanes of at least 4 members (excludes halogenated alkanes) is 2. The van der Waals surface area contributed by atoms with Crippen molar-refractivity contribution in [2.75, 3.05) is 33.0 Å². The summed E-state index contributed by atoms with van der Waals surface area (Å²) in [6, 6.07) is 32.2. The van der Waals surface area contributed by atoms with Crippen LogP contribution in [0.25, 0.3) is 0 Å². The number of oxime groups is 1. The molecular formula is C58H65FN4O11. The van der Waals surface area contributed by atoms with Crippen LogP contribution in [-0.2, 0) is 45.4 Å². The summed E-state index contributed by atoms with van der Waals surface area (Å²) in [5.74, 6) is -2.07. The maximum Gasteiger partial charge on any atom is 0.410 e. The van der Waals surface area contributed by atoms with E-state index in [-0.39, 0.29) is 82.7 Å². The Labute approximate surface area is 431 Å². The molecule has 1 aromatic heterocycles. The van der Waals surface area contributed by atoms with Crippen LogP contribution in [0.5, 0.6) is 11.5 Å². The zero-order valence-electron chi connectivity index (χ0n) is 41.8. The van der Waals surface area contributed by atoms with Crippen LogP contribution in [0.4, 0.5) is 14.9 Å². The van der Waals surface area contributed by atoms with Gasteiger partial charge in [-0.3, -0.25) is 20.0 Å². The lowest BCUT2D eigenvalue weighted by Gasteiger charge is -2.59. The summed E-state index contributed by atoms with van der Waals surface area (Å²) >= 11 is 0. The minimum Gasteiger partial charge on any atom is -0.487 e. The van der Waals surface area contributed by atoms with Gasteiger partial charge < -0.3 is 38.7 Å². The molecule has 15 nitrogen and oxygen atoms in total. The molecule has 0 spiro atoms.